The van der Waals surface area contributed by atoms with Crippen LogP contribution in [0, 0.1) is 6.92 Å². The lowest BCUT2D eigenvalue weighted by atomic mass is 9.93. The molecular weight excluding hydrogens is 694 g/mol. The monoisotopic (exact) mass is 741 g/mol. The normalized spacial score (nSPS) is 16.1. The van der Waals surface area contributed by atoms with Crippen LogP contribution in [0.5, 0.6) is 23.0 Å². The summed E-state index contributed by atoms with van der Waals surface area (Å²) >= 11 is 0. The molecule has 4 aromatic carbocycles. The summed E-state index contributed by atoms with van der Waals surface area (Å²) < 4.78 is 23.5. The molecule has 0 aromatic heterocycles. The molecule has 1 amide bonds. The molecule has 0 radical (unpaired) electrons. The van der Waals surface area contributed by atoms with Crippen molar-refractivity contribution < 1.29 is 49.0 Å². The second-order valence-corrected chi connectivity index (χ2v) is 13.2. The van der Waals surface area contributed by atoms with Gasteiger partial charge in [0.2, 0.25) is 5.75 Å². The number of nitrogens with zero attached hydrogens (tertiary/aromatic N) is 1. The molecule has 0 bridgehead atoms. The summed E-state index contributed by atoms with van der Waals surface area (Å²) in [6, 6.07) is 18.4. The van der Waals surface area contributed by atoms with E-state index in [4.69, 9.17) is 23.8 Å². The van der Waals surface area contributed by atoms with Crippen LogP contribution in [0.15, 0.2) is 65.8 Å². The van der Waals surface area contributed by atoms with E-state index in [0.717, 1.165) is 47.2 Å². The van der Waals surface area contributed by atoms with Crippen molar-refractivity contribution >= 4 is 17.3 Å². The van der Waals surface area contributed by atoms with Crippen molar-refractivity contribution in [2.45, 2.75) is 71.3 Å². The van der Waals surface area contributed by atoms with Gasteiger partial charge in [0.25, 0.3) is 5.91 Å². The highest BCUT2D eigenvalue weighted by molar-refractivity contribution is 6.03. The predicted octanol–water partition coefficient (Wildman–Crippen LogP) is 5.33. The van der Waals surface area contributed by atoms with Crippen LogP contribution in [0.25, 0.3) is 0 Å². The molecular formula is C41H47N3O10. The molecule has 2 aliphatic rings. The van der Waals surface area contributed by atoms with Gasteiger partial charge >= 0.3 is 0 Å². The van der Waals surface area contributed by atoms with Crippen LogP contribution in [0.3, 0.4) is 0 Å². The van der Waals surface area contributed by atoms with Crippen LogP contribution in [0.1, 0.15) is 92.8 Å². The number of fused-ring (bicyclic) bond motifs is 1. The van der Waals surface area contributed by atoms with E-state index in [2.05, 4.69) is 15.8 Å². The number of anilines is 1. The summed E-state index contributed by atoms with van der Waals surface area (Å²) in [6.45, 7) is 1.78. The minimum absolute atomic E-state index is 0.148. The fourth-order valence-corrected chi connectivity index (χ4v) is 6.73. The minimum Gasteiger partial charge on any atom is -0.493 e. The second kappa shape index (κ2) is 17.7. The Bertz CT molecular complexity index is 1950. The maximum absolute atomic E-state index is 12.7. The summed E-state index contributed by atoms with van der Waals surface area (Å²) in [5, 5.41) is 50.1. The van der Waals surface area contributed by atoms with E-state index >= 15 is 0 Å². The van der Waals surface area contributed by atoms with E-state index in [1.807, 2.05) is 55.5 Å². The number of amides is 1. The summed E-state index contributed by atoms with van der Waals surface area (Å²) in [5.41, 5.74) is 7.55. The largest absolute Gasteiger partial charge is 0.493 e. The van der Waals surface area contributed by atoms with E-state index in [0.29, 0.717) is 76.2 Å². The fourth-order valence-electron chi connectivity index (χ4n) is 6.73. The minimum atomic E-state index is -0.443. The van der Waals surface area contributed by atoms with Crippen LogP contribution in [-0.4, -0.2) is 59.5 Å². The quantitative estimate of drug-likeness (QED) is 0.0771. The summed E-state index contributed by atoms with van der Waals surface area (Å²) in [5.74, 6) is 1.89. The standard InChI is InChI=1S/C41H47N3O10/c1-24-7-9-33-31(13-24)41(49)43-40(42-33)25-8-10-35(30(14-25)22-47)52-11-5-4-6-12-53-39-37(50-2)17-26(18-38(39)51-3)34-19-36(54-44-34)27-15-28(20-45)32(23-48)29(16-27)21-46/h7-10,13-18,36,40,42,45-48H,4-6,11-12,19-23H2,1-3H3,(H,43,49). The van der Waals surface area contributed by atoms with Gasteiger partial charge in [0.15, 0.2) is 17.6 Å². The lowest BCUT2D eigenvalue weighted by Crippen LogP contribution is -2.38. The molecule has 2 aliphatic heterocycles. The zero-order valence-electron chi connectivity index (χ0n) is 30.7. The van der Waals surface area contributed by atoms with Crippen LogP contribution in [0.4, 0.5) is 5.69 Å². The fraction of sp³-hybridized carbons (Fsp3) is 0.366. The maximum Gasteiger partial charge on any atom is 0.255 e. The molecule has 0 spiro atoms. The van der Waals surface area contributed by atoms with Crippen LogP contribution >= 0.6 is 0 Å². The molecule has 0 aliphatic carbocycles. The van der Waals surface area contributed by atoms with Gasteiger partial charge in [-0.3, -0.25) is 4.79 Å². The molecule has 2 atom stereocenters. The van der Waals surface area contributed by atoms with Gasteiger partial charge in [-0.1, -0.05) is 22.9 Å². The van der Waals surface area contributed by atoms with Crippen LogP contribution < -0.4 is 29.6 Å². The Morgan fingerprint density at radius 1 is 0.741 bits per heavy atom. The Balaban J connectivity index is 0.996. The average molecular weight is 742 g/mol. The third-order valence-corrected chi connectivity index (χ3v) is 9.67. The number of benzene rings is 4. The van der Waals surface area contributed by atoms with Gasteiger partial charge in [-0.2, -0.15) is 0 Å². The van der Waals surface area contributed by atoms with Gasteiger partial charge in [0, 0.05) is 23.2 Å². The number of rotatable bonds is 17. The van der Waals surface area contributed by atoms with Crippen molar-refractivity contribution in [1.82, 2.24) is 5.32 Å². The molecule has 13 heteroatoms. The number of carbonyl (C=O) groups is 1. The van der Waals surface area contributed by atoms with Gasteiger partial charge in [-0.25, -0.2) is 0 Å². The van der Waals surface area contributed by atoms with Crippen molar-refractivity contribution in [1.29, 1.82) is 0 Å². The number of carbonyl (C=O) groups excluding carboxylic acids is 1. The smallest absolute Gasteiger partial charge is 0.255 e. The Kier molecular flexibility index (Phi) is 12.6. The van der Waals surface area contributed by atoms with Gasteiger partial charge in [-0.05, 0) is 103 Å². The van der Waals surface area contributed by atoms with E-state index in [9.17, 15) is 25.2 Å². The molecule has 2 heterocycles. The number of aliphatic hydroxyl groups excluding tert-OH is 4. The van der Waals surface area contributed by atoms with Gasteiger partial charge in [0.05, 0.1) is 65.1 Å². The first kappa shape index (κ1) is 38.4. The van der Waals surface area contributed by atoms with Gasteiger partial charge in [0.1, 0.15) is 11.9 Å². The Labute approximate surface area is 314 Å². The highest BCUT2D eigenvalue weighted by Crippen LogP contribution is 2.41. The zero-order valence-corrected chi connectivity index (χ0v) is 30.7. The summed E-state index contributed by atoms with van der Waals surface area (Å²) in [6.07, 6.45) is 1.90. The lowest BCUT2D eigenvalue weighted by Gasteiger charge is -2.29. The van der Waals surface area contributed by atoms with Gasteiger partial charge < -0.3 is 54.8 Å². The van der Waals surface area contributed by atoms with Crippen molar-refractivity contribution in [3.05, 3.63) is 111 Å². The first-order chi connectivity index (χ1) is 26.3. The molecule has 6 N–H and O–H groups in total. The number of unbranched alkanes of at least 4 members (excludes halogenated alkanes) is 2. The van der Waals surface area contributed by atoms with E-state index in [-0.39, 0.29) is 32.3 Å². The van der Waals surface area contributed by atoms with Crippen molar-refractivity contribution in [3.63, 3.8) is 0 Å². The van der Waals surface area contributed by atoms with Crippen LogP contribution in [-0.2, 0) is 31.3 Å². The van der Waals surface area contributed by atoms with Crippen molar-refractivity contribution in [2.24, 2.45) is 5.16 Å². The zero-order chi connectivity index (χ0) is 38.2. The Hall–Kier alpha value is -5.34. The number of aliphatic hydroxyl groups is 4. The number of aryl methyl sites for hydroxylation is 1. The highest BCUT2D eigenvalue weighted by atomic mass is 16.6. The maximum atomic E-state index is 12.7. The molecule has 0 saturated heterocycles. The third kappa shape index (κ3) is 8.39. The van der Waals surface area contributed by atoms with Crippen LogP contribution in [0.2, 0.25) is 0 Å². The molecule has 0 fully saturated rings. The molecule has 0 saturated carbocycles. The topological polar surface area (TPSA) is 181 Å². The third-order valence-electron chi connectivity index (χ3n) is 9.67. The number of hydrogen-bond donors (Lipinski definition) is 6. The van der Waals surface area contributed by atoms with E-state index in [1.54, 1.807) is 26.4 Å². The Morgan fingerprint density at radius 3 is 2.06 bits per heavy atom. The number of methoxy groups -OCH3 is 2. The first-order valence-electron chi connectivity index (χ1n) is 17.9. The number of oxime groups is 1. The van der Waals surface area contributed by atoms with E-state index in [1.165, 1.54) is 0 Å². The SMILES string of the molecule is COc1cc(C2=NOC(c3cc(CO)c(CO)c(CO)c3)C2)cc(OC)c1OCCCCCOc1ccc(C2NC(=O)c3cc(C)ccc3N2)cc1CO. The lowest BCUT2D eigenvalue weighted by molar-refractivity contribution is 0.0853. The van der Waals surface area contributed by atoms with Crippen molar-refractivity contribution in [2.75, 3.05) is 32.8 Å². The molecule has 2 unspecified atom stereocenters. The highest BCUT2D eigenvalue weighted by Gasteiger charge is 2.28. The van der Waals surface area contributed by atoms with Crippen molar-refractivity contribution in [3.8, 4) is 23.0 Å². The average Bonchev–Trinajstić information content (AvgIpc) is 3.70. The number of hydrogen-bond acceptors (Lipinski definition) is 12. The molecule has 54 heavy (non-hydrogen) atoms. The van der Waals surface area contributed by atoms with Gasteiger partial charge in [-0.15, -0.1) is 0 Å². The summed E-state index contributed by atoms with van der Waals surface area (Å²) in [4.78, 5) is 18.5. The summed E-state index contributed by atoms with van der Waals surface area (Å²) in [7, 11) is 3.12. The predicted molar refractivity (Wildman–Crippen MR) is 201 cm³/mol. The Morgan fingerprint density at radius 2 is 1.41 bits per heavy atom. The first-order valence-corrected chi connectivity index (χ1v) is 17.9. The molecule has 4 aromatic rings. The number of nitrogens with one attached hydrogen (secondary N) is 2. The molecule has 6 rings (SSSR count). The second-order valence-electron chi connectivity index (χ2n) is 13.2. The van der Waals surface area contributed by atoms with E-state index < -0.39 is 12.3 Å². The molecule has 13 nitrogen and oxygen atoms in total. The molecule has 286 valence electrons. The number of ether oxygens (including phenoxy) is 4.